The first kappa shape index (κ1) is 78.0. The van der Waals surface area contributed by atoms with Gasteiger partial charge in [0.1, 0.15) is 66.5 Å². The van der Waals surface area contributed by atoms with Crippen molar-refractivity contribution in [1.29, 1.82) is 0 Å². The second-order valence-corrected chi connectivity index (χ2v) is 27.1. The summed E-state index contributed by atoms with van der Waals surface area (Å²) in [5.74, 6) is -9.39. The third-order valence-corrected chi connectivity index (χ3v) is 18.0. The molecular formula is C65H113N11O14. The van der Waals surface area contributed by atoms with E-state index in [2.05, 4.69) is 21.3 Å². The Morgan fingerprint density at radius 3 is 1.54 bits per heavy atom. The molecule has 90 heavy (non-hydrogen) atoms. The number of carbonyl (C=O) groups excluding carboxylic acids is 11. The van der Waals surface area contributed by atoms with Gasteiger partial charge in [-0.2, -0.15) is 0 Å². The van der Waals surface area contributed by atoms with E-state index in [0.29, 0.717) is 26.1 Å². The summed E-state index contributed by atoms with van der Waals surface area (Å²) >= 11 is 0. The second kappa shape index (κ2) is 35.0. The minimum absolute atomic E-state index is 0.000327. The summed E-state index contributed by atoms with van der Waals surface area (Å²) in [6.07, 6.45) is 3.03. The van der Waals surface area contributed by atoms with Crippen molar-refractivity contribution in [3.05, 3.63) is 12.2 Å². The molecule has 0 radical (unpaired) electrons. The largest absolute Gasteiger partial charge is 0.379 e. The summed E-state index contributed by atoms with van der Waals surface area (Å²) in [5, 5.41) is 11.2. The van der Waals surface area contributed by atoms with Gasteiger partial charge in [-0.1, -0.05) is 88.3 Å². The van der Waals surface area contributed by atoms with Crippen LogP contribution in [0.3, 0.4) is 0 Å². The zero-order valence-corrected chi connectivity index (χ0v) is 58.4. The van der Waals surface area contributed by atoms with Crippen LogP contribution in [-0.2, 0) is 67.0 Å². The quantitative estimate of drug-likeness (QED) is 0.172. The average molecular weight is 1270 g/mol. The van der Waals surface area contributed by atoms with Gasteiger partial charge in [0.2, 0.25) is 65.0 Å². The van der Waals surface area contributed by atoms with Crippen molar-refractivity contribution >= 4 is 65.0 Å². The first-order chi connectivity index (χ1) is 41.9. The van der Waals surface area contributed by atoms with Gasteiger partial charge in [-0.15, -0.1) is 0 Å². The van der Waals surface area contributed by atoms with Gasteiger partial charge in [-0.05, 0) is 103 Å². The normalized spacial score (nSPS) is 30.7. The Labute approximate surface area is 536 Å². The van der Waals surface area contributed by atoms with Crippen molar-refractivity contribution in [2.75, 3.05) is 69.2 Å². The molecule has 0 spiro atoms. The summed E-state index contributed by atoms with van der Waals surface area (Å²) in [6.45, 7) is 28.7. The highest BCUT2D eigenvalue weighted by Crippen LogP contribution is 2.30. The summed E-state index contributed by atoms with van der Waals surface area (Å²) in [7, 11) is 10.1. The van der Waals surface area contributed by atoms with E-state index in [1.807, 2.05) is 67.5 Å². The molecule has 3 aliphatic heterocycles. The maximum atomic E-state index is 15.2. The number of nitrogens with one attached hydrogen (secondary N) is 4. The third kappa shape index (κ3) is 19.9. The maximum absolute atomic E-state index is 15.2. The van der Waals surface area contributed by atoms with Crippen LogP contribution in [0.15, 0.2) is 12.2 Å². The molecule has 25 nitrogen and oxygen atoms in total. The van der Waals surface area contributed by atoms with Crippen LogP contribution in [0, 0.1) is 35.5 Å². The fourth-order valence-corrected chi connectivity index (χ4v) is 12.1. The van der Waals surface area contributed by atoms with E-state index in [1.165, 1.54) is 104 Å². The number of allylic oxidation sites excluding steroid dienone is 2. The molecule has 0 aliphatic carbocycles. The highest BCUT2D eigenvalue weighted by molar-refractivity contribution is 6.00. The van der Waals surface area contributed by atoms with Crippen LogP contribution in [0.25, 0.3) is 0 Å². The van der Waals surface area contributed by atoms with E-state index in [9.17, 15) is 33.6 Å². The molecule has 0 aromatic carbocycles. The molecule has 0 saturated carbocycles. The van der Waals surface area contributed by atoms with Crippen molar-refractivity contribution in [2.45, 2.75) is 234 Å². The van der Waals surface area contributed by atoms with Gasteiger partial charge < -0.3 is 69.8 Å². The van der Waals surface area contributed by atoms with Crippen molar-refractivity contribution in [3.8, 4) is 0 Å². The molecule has 0 aromatic rings. The fourth-order valence-electron chi connectivity index (χ4n) is 12.1. The van der Waals surface area contributed by atoms with E-state index in [0.717, 1.165) is 0 Å². The van der Waals surface area contributed by atoms with Gasteiger partial charge in [-0.3, -0.25) is 52.7 Å². The maximum Gasteiger partial charge on any atom is 0.248 e. The zero-order chi connectivity index (χ0) is 68.7. The molecule has 16 unspecified atom stereocenters. The van der Waals surface area contributed by atoms with Crippen molar-refractivity contribution in [1.82, 2.24) is 55.6 Å². The minimum Gasteiger partial charge on any atom is -0.379 e. The zero-order valence-electron chi connectivity index (χ0n) is 58.4. The third-order valence-electron chi connectivity index (χ3n) is 18.0. The molecular weight excluding hydrogens is 1160 g/mol. The van der Waals surface area contributed by atoms with Gasteiger partial charge in [-0.25, -0.2) is 0 Å². The number of nitrogens with zero attached hydrogens (tertiary/aromatic N) is 7. The SMILES string of the molecule is CC=CCC(C)C1OC(C)C2C(=O)N(C)C1C(=O)NC(CC)C(=O)N(C)C(C)C(=O)N(C)C(C(C)COC1CCOC1)C(=O)NC(C(C)C)C(=O)N(C)C(CC(C)C)C(=O)NC(C)C(=O)NC(C)C(=O)N(C)C(CC(C)C)C(=O)N(C)C(CC(C)C)C(=O)N2C. The smallest absolute Gasteiger partial charge is 0.248 e. The molecule has 25 heteroatoms. The summed E-state index contributed by atoms with van der Waals surface area (Å²) < 4.78 is 18.5. The first-order valence-electron chi connectivity index (χ1n) is 32.4. The topological polar surface area (TPSA) is 286 Å². The number of amides is 11. The molecule has 3 saturated heterocycles. The van der Waals surface area contributed by atoms with Gasteiger partial charge in [0, 0.05) is 61.9 Å². The van der Waals surface area contributed by atoms with Crippen LogP contribution in [0.5, 0.6) is 0 Å². The predicted molar refractivity (Wildman–Crippen MR) is 341 cm³/mol. The number of rotatable bonds is 15. The molecule has 512 valence electrons. The summed E-state index contributed by atoms with van der Waals surface area (Å²) in [5.41, 5.74) is 0. The molecule has 3 rings (SSSR count). The Kier molecular flexibility index (Phi) is 30.3. The van der Waals surface area contributed by atoms with Crippen molar-refractivity contribution in [3.63, 3.8) is 0 Å². The lowest BCUT2D eigenvalue weighted by molar-refractivity contribution is -0.155. The van der Waals surface area contributed by atoms with Crippen LogP contribution in [0.1, 0.15) is 149 Å². The minimum atomic E-state index is -1.35. The Morgan fingerprint density at radius 2 is 1.03 bits per heavy atom. The average Bonchev–Trinajstić information content (AvgIpc) is 1.58. The van der Waals surface area contributed by atoms with Crippen LogP contribution in [0.2, 0.25) is 0 Å². The predicted octanol–water partition coefficient (Wildman–Crippen LogP) is 2.82. The number of likely N-dealkylation sites (N-methyl/N-ethyl adjacent to an activating group) is 7. The summed E-state index contributed by atoms with van der Waals surface area (Å²) in [6, 6.07) is -13.6. The lowest BCUT2D eigenvalue weighted by Gasteiger charge is -2.39. The number of hydrogen-bond donors (Lipinski definition) is 4. The van der Waals surface area contributed by atoms with Crippen LogP contribution in [0.4, 0.5) is 0 Å². The van der Waals surface area contributed by atoms with E-state index in [4.69, 9.17) is 14.2 Å². The van der Waals surface area contributed by atoms with Gasteiger partial charge in [0.25, 0.3) is 0 Å². The molecule has 3 aliphatic rings. The Bertz CT molecular complexity index is 2520. The lowest BCUT2D eigenvalue weighted by atomic mass is 9.92. The lowest BCUT2D eigenvalue weighted by Crippen LogP contribution is -2.62. The Balaban J connectivity index is 2.32. The van der Waals surface area contributed by atoms with Crippen LogP contribution in [-0.4, -0.2) is 253 Å². The highest BCUT2D eigenvalue weighted by Gasteiger charge is 2.51. The Morgan fingerprint density at radius 1 is 0.522 bits per heavy atom. The van der Waals surface area contributed by atoms with Crippen LogP contribution < -0.4 is 21.3 Å². The monoisotopic (exact) mass is 1270 g/mol. The molecule has 3 fully saturated rings. The number of hydrogen-bond acceptors (Lipinski definition) is 14. The number of fused-ring (bicyclic) bond motifs is 3. The molecule has 2 bridgehead atoms. The second-order valence-electron chi connectivity index (χ2n) is 27.1. The first-order valence-corrected chi connectivity index (χ1v) is 32.4. The fraction of sp³-hybridized carbons (Fsp3) is 0.800. The van der Waals surface area contributed by atoms with Crippen LogP contribution >= 0.6 is 0 Å². The standard InChI is InChI=1S/C65H113N11O14/c1-24-26-27-39(11)54-53-58(80)68-46(25-2)61(83)70(17)43(15)60(82)74(21)51(40(12)33-89-45-28-29-88-34-45)57(79)69-50(38(9)10)64(86)71(18)47(30-35(3)4)56(78)66-41(13)55(77)67-42(14)59(81)72(19)48(31-36(5)6)62(84)73(20)49(32-37(7)8)63(85)75(22)52(44(16)90-54)65(87)76(53)23/h24,26,35-54H,25,27-34H2,1-23H3,(H,66,78)(H,67,77)(H,68,80)(H,69,79). The molecule has 16 atom stereocenters. The molecule has 11 amide bonds. The van der Waals surface area contributed by atoms with Gasteiger partial charge >= 0.3 is 0 Å². The summed E-state index contributed by atoms with van der Waals surface area (Å²) in [4.78, 5) is 171. The molecule has 4 N–H and O–H groups in total. The Hall–Kier alpha value is -6.21. The molecule has 0 aromatic heterocycles. The highest BCUT2D eigenvalue weighted by atomic mass is 16.5. The number of ether oxygens (including phenoxy) is 3. The van der Waals surface area contributed by atoms with Gasteiger partial charge in [0.15, 0.2) is 0 Å². The van der Waals surface area contributed by atoms with E-state index in [-0.39, 0.29) is 56.1 Å². The van der Waals surface area contributed by atoms with E-state index >= 15 is 19.2 Å². The van der Waals surface area contributed by atoms with E-state index in [1.54, 1.807) is 34.6 Å². The number of carbonyl (C=O) groups is 11. The van der Waals surface area contributed by atoms with Gasteiger partial charge in [0.05, 0.1) is 31.5 Å². The molecule has 3 heterocycles. The van der Waals surface area contributed by atoms with Crippen molar-refractivity contribution < 1.29 is 67.0 Å². The van der Waals surface area contributed by atoms with E-state index < -0.39 is 161 Å². The van der Waals surface area contributed by atoms with Crippen molar-refractivity contribution in [2.24, 2.45) is 35.5 Å².